The topological polar surface area (TPSA) is 115 Å². The summed E-state index contributed by atoms with van der Waals surface area (Å²) in [5.41, 5.74) is 1.50. The number of benzene rings is 1. The molecule has 2 heterocycles. The summed E-state index contributed by atoms with van der Waals surface area (Å²) in [7, 11) is 0. The first-order valence-electron chi connectivity index (χ1n) is 8.10. The molecule has 1 unspecified atom stereocenters. The number of nitrogens with one attached hydrogen (secondary N) is 1. The molecular formula is C17H19N3O5. The predicted molar refractivity (Wildman–Crippen MR) is 86.1 cm³/mol. The minimum Gasteiger partial charge on any atom is -0.493 e. The monoisotopic (exact) mass is 345 g/mol. The van der Waals surface area contributed by atoms with Crippen molar-refractivity contribution >= 4 is 11.9 Å². The van der Waals surface area contributed by atoms with Gasteiger partial charge in [-0.2, -0.15) is 4.98 Å². The number of carboxylic acids is 1. The molecule has 0 fully saturated rings. The Hall–Kier alpha value is -2.90. The highest BCUT2D eigenvalue weighted by atomic mass is 16.5. The molecule has 1 aliphatic heterocycles. The van der Waals surface area contributed by atoms with Crippen LogP contribution >= 0.6 is 0 Å². The van der Waals surface area contributed by atoms with Gasteiger partial charge in [0.15, 0.2) is 11.9 Å². The molecule has 8 nitrogen and oxygen atoms in total. The fourth-order valence-electron chi connectivity index (χ4n) is 2.75. The average molecular weight is 345 g/mol. The first-order valence-corrected chi connectivity index (χ1v) is 8.10. The van der Waals surface area contributed by atoms with E-state index in [1.54, 1.807) is 25.1 Å². The molecule has 0 saturated heterocycles. The Morgan fingerprint density at radius 3 is 2.96 bits per heavy atom. The number of aromatic nitrogens is 2. The third-order valence-electron chi connectivity index (χ3n) is 3.96. The van der Waals surface area contributed by atoms with Crippen molar-refractivity contribution in [3.63, 3.8) is 0 Å². The molecule has 0 aliphatic carbocycles. The van der Waals surface area contributed by atoms with Crippen LogP contribution in [0.2, 0.25) is 0 Å². The van der Waals surface area contributed by atoms with Crippen LogP contribution in [0.5, 0.6) is 5.75 Å². The van der Waals surface area contributed by atoms with Crippen LogP contribution in [0, 0.1) is 6.92 Å². The molecule has 0 bridgehead atoms. The van der Waals surface area contributed by atoms with Gasteiger partial charge >= 0.3 is 5.97 Å². The van der Waals surface area contributed by atoms with Gasteiger partial charge in [-0.1, -0.05) is 11.2 Å². The largest absolute Gasteiger partial charge is 0.493 e. The summed E-state index contributed by atoms with van der Waals surface area (Å²) in [6.45, 7) is 2.32. The SMILES string of the molecule is Cc1noc(CCCC(=O)NC(C(=O)O)c2ccc3c(c2)CCO3)n1. The summed E-state index contributed by atoms with van der Waals surface area (Å²) >= 11 is 0. The smallest absolute Gasteiger partial charge is 0.330 e. The van der Waals surface area contributed by atoms with Crippen LogP contribution in [0.25, 0.3) is 0 Å². The molecule has 1 aromatic carbocycles. The predicted octanol–water partition coefficient (Wildman–Crippen LogP) is 1.58. The summed E-state index contributed by atoms with van der Waals surface area (Å²) in [6.07, 6.45) is 1.90. The van der Waals surface area contributed by atoms with E-state index < -0.39 is 12.0 Å². The number of ether oxygens (including phenoxy) is 1. The number of amides is 1. The molecule has 132 valence electrons. The van der Waals surface area contributed by atoms with Gasteiger partial charge < -0.3 is 19.7 Å². The van der Waals surface area contributed by atoms with Crippen molar-refractivity contribution in [1.29, 1.82) is 0 Å². The van der Waals surface area contributed by atoms with Crippen LogP contribution in [0.3, 0.4) is 0 Å². The maximum absolute atomic E-state index is 12.1. The van der Waals surface area contributed by atoms with E-state index in [1.807, 2.05) is 0 Å². The first-order chi connectivity index (χ1) is 12.0. The lowest BCUT2D eigenvalue weighted by molar-refractivity contribution is -0.142. The van der Waals surface area contributed by atoms with Crippen molar-refractivity contribution in [2.24, 2.45) is 0 Å². The quantitative estimate of drug-likeness (QED) is 0.783. The average Bonchev–Trinajstić information content (AvgIpc) is 3.20. The fourth-order valence-corrected chi connectivity index (χ4v) is 2.75. The van der Waals surface area contributed by atoms with Crippen molar-refractivity contribution in [3.8, 4) is 5.75 Å². The number of hydrogen-bond acceptors (Lipinski definition) is 6. The zero-order valence-electron chi connectivity index (χ0n) is 13.8. The van der Waals surface area contributed by atoms with Crippen molar-refractivity contribution in [3.05, 3.63) is 41.0 Å². The van der Waals surface area contributed by atoms with Gasteiger partial charge in [0.05, 0.1) is 6.61 Å². The van der Waals surface area contributed by atoms with Crippen LogP contribution in [0.1, 0.15) is 41.7 Å². The lowest BCUT2D eigenvalue weighted by Crippen LogP contribution is -2.33. The maximum Gasteiger partial charge on any atom is 0.330 e. The third-order valence-corrected chi connectivity index (χ3v) is 3.96. The van der Waals surface area contributed by atoms with E-state index in [9.17, 15) is 14.7 Å². The number of nitrogens with zero attached hydrogens (tertiary/aromatic N) is 2. The summed E-state index contributed by atoms with van der Waals surface area (Å²) in [4.78, 5) is 27.7. The molecule has 3 rings (SSSR count). The second-order valence-electron chi connectivity index (χ2n) is 5.89. The van der Waals surface area contributed by atoms with Crippen molar-refractivity contribution < 1.29 is 24.0 Å². The number of hydrogen-bond donors (Lipinski definition) is 2. The van der Waals surface area contributed by atoms with Gasteiger partial charge in [0, 0.05) is 19.3 Å². The molecule has 1 aromatic heterocycles. The Bertz CT molecular complexity index is 786. The van der Waals surface area contributed by atoms with Gasteiger partial charge in [-0.3, -0.25) is 4.79 Å². The molecule has 2 N–H and O–H groups in total. The fraction of sp³-hybridized carbons (Fsp3) is 0.412. The summed E-state index contributed by atoms with van der Waals surface area (Å²) in [5, 5.41) is 15.7. The van der Waals surface area contributed by atoms with E-state index in [2.05, 4.69) is 15.5 Å². The highest BCUT2D eigenvalue weighted by Gasteiger charge is 2.24. The van der Waals surface area contributed by atoms with E-state index in [4.69, 9.17) is 9.26 Å². The Balaban J connectivity index is 1.57. The number of carbonyl (C=O) groups is 2. The molecule has 0 saturated carbocycles. The van der Waals surface area contributed by atoms with Crippen molar-refractivity contribution in [1.82, 2.24) is 15.5 Å². The molecular weight excluding hydrogens is 326 g/mol. The van der Waals surface area contributed by atoms with E-state index in [-0.39, 0.29) is 12.3 Å². The molecule has 0 spiro atoms. The zero-order chi connectivity index (χ0) is 17.8. The number of fused-ring (bicyclic) bond motifs is 1. The zero-order valence-corrected chi connectivity index (χ0v) is 13.8. The highest BCUT2D eigenvalue weighted by Crippen LogP contribution is 2.28. The Kier molecular flexibility index (Phi) is 4.97. The Labute approximate surface area is 144 Å². The number of carbonyl (C=O) groups excluding carboxylic acids is 1. The van der Waals surface area contributed by atoms with Gasteiger partial charge in [0.25, 0.3) is 0 Å². The highest BCUT2D eigenvalue weighted by molar-refractivity contribution is 5.84. The minimum atomic E-state index is -1.10. The van der Waals surface area contributed by atoms with E-state index >= 15 is 0 Å². The maximum atomic E-state index is 12.1. The molecule has 1 aliphatic rings. The molecule has 1 amide bonds. The molecule has 1 atom stereocenters. The van der Waals surface area contributed by atoms with Gasteiger partial charge in [0.1, 0.15) is 5.75 Å². The number of aliphatic carboxylic acids is 1. The van der Waals surface area contributed by atoms with E-state index in [1.165, 1.54) is 0 Å². The molecule has 25 heavy (non-hydrogen) atoms. The summed E-state index contributed by atoms with van der Waals surface area (Å²) in [5.74, 6) is 0.360. The Morgan fingerprint density at radius 1 is 1.40 bits per heavy atom. The van der Waals surface area contributed by atoms with Crippen LogP contribution in [-0.2, 0) is 22.4 Å². The van der Waals surface area contributed by atoms with Gasteiger partial charge in [0.2, 0.25) is 11.8 Å². The summed E-state index contributed by atoms with van der Waals surface area (Å²) < 4.78 is 10.4. The summed E-state index contributed by atoms with van der Waals surface area (Å²) in [6, 6.07) is 4.12. The number of aryl methyl sites for hydroxylation is 2. The van der Waals surface area contributed by atoms with Gasteiger partial charge in [-0.15, -0.1) is 0 Å². The molecule has 2 aromatic rings. The van der Waals surface area contributed by atoms with Crippen LogP contribution in [0.4, 0.5) is 0 Å². The van der Waals surface area contributed by atoms with Crippen LogP contribution in [0.15, 0.2) is 22.7 Å². The van der Waals surface area contributed by atoms with Gasteiger partial charge in [-0.25, -0.2) is 4.79 Å². The number of carboxylic acid groups (broad SMARTS) is 1. The lowest BCUT2D eigenvalue weighted by Gasteiger charge is -2.15. The van der Waals surface area contributed by atoms with Gasteiger partial charge in [-0.05, 0) is 36.6 Å². The molecule has 8 heteroatoms. The standard InChI is InChI=1S/C17H19N3O5/c1-10-18-15(25-20-10)4-2-3-14(21)19-16(17(22)23)12-5-6-13-11(9-12)7-8-24-13/h5-6,9,16H,2-4,7-8H2,1H3,(H,19,21)(H,22,23). The van der Waals surface area contributed by atoms with E-state index in [0.29, 0.717) is 36.7 Å². The van der Waals surface area contributed by atoms with Crippen molar-refractivity contribution in [2.45, 2.75) is 38.6 Å². The molecule has 0 radical (unpaired) electrons. The van der Waals surface area contributed by atoms with E-state index in [0.717, 1.165) is 17.7 Å². The second-order valence-corrected chi connectivity index (χ2v) is 5.89. The van der Waals surface area contributed by atoms with Crippen molar-refractivity contribution in [2.75, 3.05) is 6.61 Å². The Morgan fingerprint density at radius 2 is 2.24 bits per heavy atom. The van der Waals surface area contributed by atoms with Crippen LogP contribution < -0.4 is 10.1 Å². The lowest BCUT2D eigenvalue weighted by atomic mass is 10.0. The second kappa shape index (κ2) is 7.33. The minimum absolute atomic E-state index is 0.180. The third kappa shape index (κ3) is 4.14. The number of rotatable bonds is 7. The normalized spacial score (nSPS) is 13.8. The first kappa shape index (κ1) is 16.9. The van der Waals surface area contributed by atoms with Crippen LogP contribution in [-0.4, -0.2) is 33.7 Å².